The lowest BCUT2D eigenvalue weighted by Crippen LogP contribution is -2.14. The molecule has 0 heterocycles. The molecule has 0 aliphatic heterocycles. The van der Waals surface area contributed by atoms with E-state index in [1.807, 2.05) is 0 Å². The first kappa shape index (κ1) is 13.0. The molecular weight excluding hydrogens is 321 g/mol. The van der Waals surface area contributed by atoms with E-state index in [-0.39, 0.29) is 4.90 Å². The summed E-state index contributed by atoms with van der Waals surface area (Å²) in [5, 5.41) is 0. The lowest BCUT2D eigenvalue weighted by Gasteiger charge is -2.08. The normalized spacial score (nSPS) is 11.2. The van der Waals surface area contributed by atoms with Crippen molar-refractivity contribution in [1.29, 1.82) is 0 Å². The maximum Gasteiger partial charge on any atom is 0.264 e. The molecule has 0 saturated heterocycles. The number of benzene rings is 2. The molecule has 2 rings (SSSR count). The summed E-state index contributed by atoms with van der Waals surface area (Å²) < 4.78 is 40.3. The van der Waals surface area contributed by atoms with E-state index in [2.05, 4.69) is 20.7 Å². The summed E-state index contributed by atoms with van der Waals surface area (Å²) in [6.07, 6.45) is 0. The largest absolute Gasteiger partial charge is 0.280 e. The molecule has 6 heteroatoms. The number of halogens is 2. The number of rotatable bonds is 3. The van der Waals surface area contributed by atoms with E-state index >= 15 is 0 Å². The van der Waals surface area contributed by atoms with E-state index in [1.165, 1.54) is 12.1 Å². The molecule has 1 N–H and O–H groups in total. The minimum Gasteiger partial charge on any atom is -0.280 e. The molecule has 0 aromatic heterocycles. The van der Waals surface area contributed by atoms with E-state index in [0.717, 1.165) is 6.07 Å². The Morgan fingerprint density at radius 1 is 1.06 bits per heavy atom. The highest BCUT2D eigenvalue weighted by Crippen LogP contribution is 2.22. The van der Waals surface area contributed by atoms with Gasteiger partial charge in [-0.05, 0) is 30.3 Å². The summed E-state index contributed by atoms with van der Waals surface area (Å²) in [6.45, 7) is 0. The third-order valence-corrected chi connectivity index (χ3v) is 4.10. The fraction of sp³-hybridized carbons (Fsp3) is 0. The van der Waals surface area contributed by atoms with Crippen molar-refractivity contribution in [1.82, 2.24) is 0 Å². The Morgan fingerprint density at radius 3 is 2.39 bits per heavy atom. The first-order valence-electron chi connectivity index (χ1n) is 5.02. The predicted octanol–water partition coefficient (Wildman–Crippen LogP) is 3.39. The summed E-state index contributed by atoms with van der Waals surface area (Å²) in [5.74, 6) is -0.790. The Morgan fingerprint density at radius 2 is 1.72 bits per heavy atom. The van der Waals surface area contributed by atoms with Gasteiger partial charge in [0.05, 0.1) is 0 Å². The summed E-state index contributed by atoms with van der Waals surface area (Å²) in [4.78, 5) is -0.388. The first-order valence-corrected chi connectivity index (χ1v) is 7.29. The zero-order chi connectivity index (χ0) is 13.2. The van der Waals surface area contributed by atoms with Crippen LogP contribution in [0.5, 0.6) is 0 Å². The smallest absolute Gasteiger partial charge is 0.264 e. The summed E-state index contributed by atoms with van der Waals surface area (Å²) in [7, 11) is -3.92. The third kappa shape index (κ3) is 2.88. The van der Waals surface area contributed by atoms with Crippen LogP contribution in [0.4, 0.5) is 10.1 Å². The highest BCUT2D eigenvalue weighted by atomic mass is 79.9. The molecule has 18 heavy (non-hydrogen) atoms. The highest BCUT2D eigenvalue weighted by Gasteiger charge is 2.19. The van der Waals surface area contributed by atoms with Crippen molar-refractivity contribution < 1.29 is 12.8 Å². The average molecular weight is 330 g/mol. The van der Waals surface area contributed by atoms with Crippen molar-refractivity contribution in [3.8, 4) is 0 Å². The Balaban J connectivity index is 2.40. The van der Waals surface area contributed by atoms with Crippen LogP contribution in [-0.4, -0.2) is 8.42 Å². The van der Waals surface area contributed by atoms with Crippen LogP contribution >= 0.6 is 15.9 Å². The van der Waals surface area contributed by atoms with Crippen LogP contribution in [0.2, 0.25) is 0 Å². The maximum absolute atomic E-state index is 13.5. The van der Waals surface area contributed by atoms with Crippen LogP contribution < -0.4 is 4.72 Å². The Kier molecular flexibility index (Phi) is 3.68. The standard InChI is InChI=1S/C12H9BrFNO2S/c13-9-6-7-11(14)12(8-9)18(16,17)15-10-4-2-1-3-5-10/h1-8,15H. The number of hydrogen-bond acceptors (Lipinski definition) is 2. The van der Waals surface area contributed by atoms with Crippen molar-refractivity contribution in [2.45, 2.75) is 4.90 Å². The van der Waals surface area contributed by atoms with E-state index in [0.29, 0.717) is 10.2 Å². The Labute approximate surface area is 113 Å². The second-order valence-corrected chi connectivity index (χ2v) is 6.11. The van der Waals surface area contributed by atoms with Crippen LogP contribution in [0.15, 0.2) is 57.9 Å². The summed E-state index contributed by atoms with van der Waals surface area (Å²) in [5.41, 5.74) is 0.386. The number of para-hydroxylation sites is 1. The van der Waals surface area contributed by atoms with Crippen molar-refractivity contribution >= 4 is 31.6 Å². The predicted molar refractivity (Wildman–Crippen MR) is 71.4 cm³/mol. The van der Waals surface area contributed by atoms with Gasteiger partial charge in [-0.25, -0.2) is 12.8 Å². The van der Waals surface area contributed by atoms with Crippen LogP contribution in [0.25, 0.3) is 0 Å². The van der Waals surface area contributed by atoms with Gasteiger partial charge in [-0.3, -0.25) is 4.72 Å². The molecule has 0 bridgehead atoms. The van der Waals surface area contributed by atoms with Gasteiger partial charge < -0.3 is 0 Å². The van der Waals surface area contributed by atoms with Gasteiger partial charge in [0.25, 0.3) is 10.0 Å². The lowest BCUT2D eigenvalue weighted by atomic mass is 10.3. The van der Waals surface area contributed by atoms with Gasteiger partial charge in [0, 0.05) is 10.2 Å². The molecular formula is C12H9BrFNO2S. The fourth-order valence-electron chi connectivity index (χ4n) is 1.40. The zero-order valence-electron chi connectivity index (χ0n) is 9.10. The molecule has 0 atom stereocenters. The zero-order valence-corrected chi connectivity index (χ0v) is 11.5. The molecule has 0 aliphatic rings. The van der Waals surface area contributed by atoms with Gasteiger partial charge in [-0.2, -0.15) is 0 Å². The quantitative estimate of drug-likeness (QED) is 0.938. The van der Waals surface area contributed by atoms with Gasteiger partial charge >= 0.3 is 0 Å². The second-order valence-electron chi connectivity index (χ2n) is 3.55. The molecule has 0 fully saturated rings. The highest BCUT2D eigenvalue weighted by molar-refractivity contribution is 9.10. The number of hydrogen-bond donors (Lipinski definition) is 1. The molecule has 0 amide bonds. The summed E-state index contributed by atoms with van der Waals surface area (Å²) in [6, 6.07) is 12.1. The minimum absolute atomic E-state index is 0.386. The van der Waals surface area contributed by atoms with Crippen LogP contribution in [0, 0.1) is 5.82 Å². The fourth-order valence-corrected chi connectivity index (χ4v) is 3.08. The number of anilines is 1. The van der Waals surface area contributed by atoms with Crippen molar-refractivity contribution in [3.63, 3.8) is 0 Å². The van der Waals surface area contributed by atoms with Gasteiger partial charge in [0.15, 0.2) is 0 Å². The van der Waals surface area contributed by atoms with E-state index in [9.17, 15) is 12.8 Å². The first-order chi connectivity index (χ1) is 8.49. The van der Waals surface area contributed by atoms with Crippen molar-refractivity contribution in [3.05, 3.63) is 58.8 Å². The maximum atomic E-state index is 13.5. The van der Waals surface area contributed by atoms with Gasteiger partial charge in [0.1, 0.15) is 10.7 Å². The van der Waals surface area contributed by atoms with Crippen molar-refractivity contribution in [2.75, 3.05) is 4.72 Å². The van der Waals surface area contributed by atoms with Gasteiger partial charge in [0.2, 0.25) is 0 Å². The Bertz CT molecular complexity index is 659. The molecule has 3 nitrogen and oxygen atoms in total. The molecule has 0 saturated carbocycles. The van der Waals surface area contributed by atoms with Crippen LogP contribution in [0.3, 0.4) is 0 Å². The minimum atomic E-state index is -3.92. The monoisotopic (exact) mass is 329 g/mol. The van der Waals surface area contributed by atoms with E-state index < -0.39 is 15.8 Å². The molecule has 2 aromatic carbocycles. The molecule has 0 unspecified atom stereocenters. The lowest BCUT2D eigenvalue weighted by molar-refractivity contribution is 0.570. The molecule has 94 valence electrons. The number of sulfonamides is 1. The van der Waals surface area contributed by atoms with Crippen LogP contribution in [0.1, 0.15) is 0 Å². The summed E-state index contributed by atoms with van der Waals surface area (Å²) >= 11 is 3.12. The second kappa shape index (κ2) is 5.07. The van der Waals surface area contributed by atoms with E-state index in [1.54, 1.807) is 30.3 Å². The van der Waals surface area contributed by atoms with Crippen LogP contribution in [-0.2, 0) is 10.0 Å². The van der Waals surface area contributed by atoms with Gasteiger partial charge in [-0.1, -0.05) is 34.1 Å². The topological polar surface area (TPSA) is 46.2 Å². The molecule has 2 aromatic rings. The van der Waals surface area contributed by atoms with Gasteiger partial charge in [-0.15, -0.1) is 0 Å². The van der Waals surface area contributed by atoms with E-state index in [4.69, 9.17) is 0 Å². The molecule has 0 spiro atoms. The number of nitrogens with one attached hydrogen (secondary N) is 1. The molecule has 0 radical (unpaired) electrons. The Hall–Kier alpha value is -1.40. The molecule has 0 aliphatic carbocycles. The third-order valence-electron chi connectivity index (χ3n) is 2.21. The SMILES string of the molecule is O=S(=O)(Nc1ccccc1)c1cc(Br)ccc1F. The van der Waals surface area contributed by atoms with Crippen molar-refractivity contribution in [2.24, 2.45) is 0 Å². The average Bonchev–Trinajstić information content (AvgIpc) is 2.33.